The summed E-state index contributed by atoms with van der Waals surface area (Å²) in [4.78, 5) is 11.8. The highest BCUT2D eigenvalue weighted by molar-refractivity contribution is 7.88. The van der Waals surface area contributed by atoms with E-state index in [0.29, 0.717) is 44.2 Å². The second kappa shape index (κ2) is 15.8. The second-order valence-corrected chi connectivity index (χ2v) is 9.72. The number of amides is 1. The Hall–Kier alpha value is -2.12. The normalized spacial score (nSPS) is 15.8. The zero-order valence-corrected chi connectivity index (χ0v) is 21.6. The van der Waals surface area contributed by atoms with Crippen LogP contribution in [0.3, 0.4) is 0 Å². The molecule has 0 aliphatic carbocycles. The summed E-state index contributed by atoms with van der Waals surface area (Å²) >= 11 is 0. The van der Waals surface area contributed by atoms with E-state index in [1.54, 1.807) is 7.11 Å². The predicted octanol–water partition coefficient (Wildman–Crippen LogP) is 2.19. The van der Waals surface area contributed by atoms with Gasteiger partial charge in [0.2, 0.25) is 0 Å². The molecule has 1 amide bonds. The predicted molar refractivity (Wildman–Crippen MR) is 129 cm³/mol. The van der Waals surface area contributed by atoms with E-state index in [1.165, 1.54) is 0 Å². The van der Waals surface area contributed by atoms with Crippen molar-refractivity contribution < 1.29 is 41.6 Å². The van der Waals surface area contributed by atoms with Crippen LogP contribution in [0.1, 0.15) is 38.7 Å². The molecule has 1 unspecified atom stereocenters. The molecule has 1 aliphatic heterocycles. The van der Waals surface area contributed by atoms with Gasteiger partial charge in [0.1, 0.15) is 24.7 Å². The number of nitrogens with one attached hydrogen (secondary N) is 2. The molecule has 1 aliphatic rings. The fraction of sp³-hybridized carbons (Fsp3) is 0.696. The first-order valence-corrected chi connectivity index (χ1v) is 13.3. The standard InChI is InChI=1S/C23H38N2O9S/c1-18(2)30-13-10-24-35(27,28)25-23(26)33-12-4-6-19-8-9-20(32-15-14-29-3)16-22(19)34-17-21-7-5-11-31-21/h8-9,16,18,21,24H,4-7,10-15,17H2,1-3H3,(H,25,26). The highest BCUT2D eigenvalue weighted by Gasteiger charge is 2.18. The first kappa shape index (κ1) is 29.1. The van der Waals surface area contributed by atoms with E-state index < -0.39 is 16.3 Å². The quantitative estimate of drug-likeness (QED) is 0.298. The van der Waals surface area contributed by atoms with E-state index >= 15 is 0 Å². The second-order valence-electron chi connectivity index (χ2n) is 8.22. The van der Waals surface area contributed by atoms with Gasteiger partial charge in [-0.3, -0.25) is 0 Å². The summed E-state index contributed by atoms with van der Waals surface area (Å²) in [6.45, 7) is 6.05. The van der Waals surface area contributed by atoms with Crippen LogP contribution in [0.4, 0.5) is 4.79 Å². The Labute approximate surface area is 207 Å². The number of methoxy groups -OCH3 is 1. The molecule has 2 N–H and O–H groups in total. The van der Waals surface area contributed by atoms with Gasteiger partial charge < -0.3 is 28.4 Å². The van der Waals surface area contributed by atoms with E-state index in [9.17, 15) is 13.2 Å². The lowest BCUT2D eigenvalue weighted by atomic mass is 10.1. The van der Waals surface area contributed by atoms with Crippen molar-refractivity contribution in [1.29, 1.82) is 0 Å². The van der Waals surface area contributed by atoms with Crippen LogP contribution in [-0.4, -0.2) is 80.0 Å². The minimum Gasteiger partial charge on any atom is -0.491 e. The molecule has 0 saturated carbocycles. The van der Waals surface area contributed by atoms with E-state index in [0.717, 1.165) is 25.0 Å². The molecular formula is C23H38N2O9S. The van der Waals surface area contributed by atoms with Crippen LogP contribution in [0, 0.1) is 0 Å². The minimum atomic E-state index is -4.01. The zero-order valence-electron chi connectivity index (χ0n) is 20.7. The number of rotatable bonds is 17. The van der Waals surface area contributed by atoms with Gasteiger partial charge in [-0.25, -0.2) is 9.52 Å². The Morgan fingerprint density at radius 2 is 2.00 bits per heavy atom. The van der Waals surface area contributed by atoms with Crippen LogP contribution >= 0.6 is 0 Å². The van der Waals surface area contributed by atoms with Gasteiger partial charge in [-0.2, -0.15) is 13.1 Å². The molecule has 11 nitrogen and oxygen atoms in total. The van der Waals surface area contributed by atoms with Crippen molar-refractivity contribution in [2.75, 3.05) is 53.3 Å². The van der Waals surface area contributed by atoms with Crippen LogP contribution in [0.5, 0.6) is 11.5 Å². The molecule has 1 heterocycles. The van der Waals surface area contributed by atoms with E-state index in [2.05, 4.69) is 4.72 Å². The van der Waals surface area contributed by atoms with Crippen LogP contribution in [0.15, 0.2) is 18.2 Å². The first-order valence-electron chi connectivity index (χ1n) is 11.8. The third-order valence-corrected chi connectivity index (χ3v) is 5.95. The van der Waals surface area contributed by atoms with Gasteiger partial charge in [0.05, 0.1) is 32.0 Å². The Bertz CT molecular complexity index is 859. The number of aryl methyl sites for hydroxylation is 1. The average Bonchev–Trinajstić information content (AvgIpc) is 3.32. The molecule has 0 bridgehead atoms. The highest BCUT2D eigenvalue weighted by atomic mass is 32.2. The lowest BCUT2D eigenvalue weighted by Crippen LogP contribution is -2.42. The molecule has 1 aromatic rings. The summed E-state index contributed by atoms with van der Waals surface area (Å²) in [5, 5.41) is 0. The monoisotopic (exact) mass is 518 g/mol. The average molecular weight is 519 g/mol. The van der Waals surface area contributed by atoms with Gasteiger partial charge in [-0.1, -0.05) is 6.07 Å². The number of hydrogen-bond acceptors (Lipinski definition) is 9. The van der Waals surface area contributed by atoms with Crippen molar-refractivity contribution in [3.05, 3.63) is 23.8 Å². The molecular weight excluding hydrogens is 480 g/mol. The summed E-state index contributed by atoms with van der Waals surface area (Å²) in [7, 11) is -2.40. The molecule has 0 radical (unpaired) electrons. The van der Waals surface area contributed by atoms with Crippen molar-refractivity contribution in [3.63, 3.8) is 0 Å². The van der Waals surface area contributed by atoms with Gasteiger partial charge in [0.15, 0.2) is 0 Å². The van der Waals surface area contributed by atoms with Crippen molar-refractivity contribution in [2.45, 2.75) is 51.7 Å². The molecule has 200 valence electrons. The Kier molecular flexibility index (Phi) is 13.1. The van der Waals surface area contributed by atoms with Crippen molar-refractivity contribution in [1.82, 2.24) is 9.44 Å². The molecule has 1 atom stereocenters. The zero-order chi connectivity index (χ0) is 25.5. The Balaban J connectivity index is 1.79. The molecule has 1 fully saturated rings. The van der Waals surface area contributed by atoms with Crippen LogP contribution in [0.25, 0.3) is 0 Å². The SMILES string of the molecule is COCCOc1ccc(CCCOC(=O)NS(=O)(=O)NCCOC(C)C)c(OCC2CCCO2)c1. The smallest absolute Gasteiger partial charge is 0.421 e. The summed E-state index contributed by atoms with van der Waals surface area (Å²) in [5.41, 5.74) is 0.922. The van der Waals surface area contributed by atoms with Gasteiger partial charge >= 0.3 is 16.3 Å². The van der Waals surface area contributed by atoms with Gasteiger partial charge in [0.25, 0.3) is 0 Å². The number of benzene rings is 1. The number of ether oxygens (including phenoxy) is 6. The van der Waals surface area contributed by atoms with Gasteiger partial charge in [0, 0.05) is 26.3 Å². The Morgan fingerprint density at radius 1 is 1.17 bits per heavy atom. The molecule has 1 saturated heterocycles. The Morgan fingerprint density at radius 3 is 2.71 bits per heavy atom. The lowest BCUT2D eigenvalue weighted by molar-refractivity contribution is 0.0674. The maximum atomic E-state index is 11.9. The molecule has 12 heteroatoms. The highest BCUT2D eigenvalue weighted by Crippen LogP contribution is 2.27. The summed E-state index contributed by atoms with van der Waals surface area (Å²) in [6, 6.07) is 5.58. The van der Waals surface area contributed by atoms with E-state index in [-0.39, 0.29) is 32.0 Å². The van der Waals surface area contributed by atoms with E-state index in [4.69, 9.17) is 28.4 Å². The molecule has 1 aromatic carbocycles. The maximum Gasteiger partial charge on any atom is 0.421 e. The van der Waals surface area contributed by atoms with Crippen LogP contribution < -0.4 is 18.9 Å². The molecule has 0 aromatic heterocycles. The summed E-state index contributed by atoms with van der Waals surface area (Å²) in [5.74, 6) is 1.34. The molecule has 0 spiro atoms. The maximum absolute atomic E-state index is 11.9. The van der Waals surface area contributed by atoms with Crippen molar-refractivity contribution >= 4 is 16.3 Å². The number of hydrogen-bond donors (Lipinski definition) is 2. The molecule has 35 heavy (non-hydrogen) atoms. The topological polar surface area (TPSA) is 131 Å². The third-order valence-electron chi connectivity index (χ3n) is 4.93. The van der Waals surface area contributed by atoms with Gasteiger partial charge in [-0.15, -0.1) is 0 Å². The first-order chi connectivity index (χ1) is 16.8. The van der Waals surface area contributed by atoms with Crippen LogP contribution in [0.2, 0.25) is 0 Å². The van der Waals surface area contributed by atoms with Crippen molar-refractivity contribution in [3.8, 4) is 11.5 Å². The lowest BCUT2D eigenvalue weighted by Gasteiger charge is -2.16. The fourth-order valence-electron chi connectivity index (χ4n) is 3.24. The van der Waals surface area contributed by atoms with Crippen molar-refractivity contribution in [2.24, 2.45) is 0 Å². The fourth-order valence-corrected chi connectivity index (χ4v) is 3.94. The van der Waals surface area contributed by atoms with E-state index in [1.807, 2.05) is 36.8 Å². The number of carbonyl (C=O) groups is 1. The minimum absolute atomic E-state index is 0.0150. The van der Waals surface area contributed by atoms with Crippen LogP contribution in [-0.2, 0) is 35.6 Å². The number of carbonyl (C=O) groups excluding carboxylic acids is 1. The van der Waals surface area contributed by atoms with Gasteiger partial charge in [-0.05, 0) is 51.2 Å². The largest absolute Gasteiger partial charge is 0.491 e. The summed E-state index contributed by atoms with van der Waals surface area (Å²) < 4.78 is 60.4. The molecule has 2 rings (SSSR count). The summed E-state index contributed by atoms with van der Waals surface area (Å²) in [6.07, 6.45) is 2.04. The third kappa shape index (κ3) is 12.4.